The lowest BCUT2D eigenvalue weighted by molar-refractivity contribution is 1.25. The minimum atomic E-state index is 0.941. The highest BCUT2D eigenvalue weighted by Crippen LogP contribution is 2.09. The molecule has 0 aliphatic rings. The summed E-state index contributed by atoms with van der Waals surface area (Å²) in [6.07, 6.45) is 5.17. The van der Waals surface area contributed by atoms with Crippen LogP contribution in [0, 0.1) is 11.8 Å². The summed E-state index contributed by atoms with van der Waals surface area (Å²) in [5.74, 6) is 6.46. The van der Waals surface area contributed by atoms with Gasteiger partial charge in [0.05, 0.1) is 0 Å². The fourth-order valence-corrected chi connectivity index (χ4v) is 1.73. The molecular weight excluding hydrogens is 216 g/mol. The molecule has 0 aromatic heterocycles. The molecule has 2 aromatic carbocycles. The third kappa shape index (κ3) is 3.37. The van der Waals surface area contributed by atoms with Gasteiger partial charge in [-0.05, 0) is 37.1 Å². The van der Waals surface area contributed by atoms with Crippen molar-refractivity contribution in [3.8, 4) is 11.8 Å². The van der Waals surface area contributed by atoms with Crippen LogP contribution < -0.4 is 0 Å². The van der Waals surface area contributed by atoms with Gasteiger partial charge in [-0.2, -0.15) is 0 Å². The van der Waals surface area contributed by atoms with E-state index in [2.05, 4.69) is 42.2 Å². The second-order valence-electron chi connectivity index (χ2n) is 4.05. The van der Waals surface area contributed by atoms with Gasteiger partial charge in [0.2, 0.25) is 0 Å². The van der Waals surface area contributed by atoms with Crippen LogP contribution in [0.15, 0.2) is 66.7 Å². The van der Waals surface area contributed by atoms with E-state index in [1.54, 1.807) is 0 Å². The monoisotopic (exact) mass is 232 g/mol. The van der Waals surface area contributed by atoms with Crippen LogP contribution in [0.25, 0.3) is 0 Å². The van der Waals surface area contributed by atoms with Crippen LogP contribution in [0.5, 0.6) is 0 Å². The van der Waals surface area contributed by atoms with Gasteiger partial charge in [0, 0.05) is 11.1 Å². The summed E-state index contributed by atoms with van der Waals surface area (Å²) >= 11 is 0. The van der Waals surface area contributed by atoms with Gasteiger partial charge in [0.1, 0.15) is 0 Å². The summed E-state index contributed by atoms with van der Waals surface area (Å²) in [4.78, 5) is 0. The van der Waals surface area contributed by atoms with Crippen molar-refractivity contribution in [1.29, 1.82) is 0 Å². The Bertz CT molecular complexity index is 580. The van der Waals surface area contributed by atoms with E-state index < -0.39 is 0 Å². The molecule has 0 atom stereocenters. The van der Waals surface area contributed by atoms with Gasteiger partial charge in [0.15, 0.2) is 0 Å². The summed E-state index contributed by atoms with van der Waals surface area (Å²) < 4.78 is 0. The first-order valence-electron chi connectivity index (χ1n) is 6.16. The third-order valence-corrected chi connectivity index (χ3v) is 2.71. The number of rotatable bonds is 2. The first-order chi connectivity index (χ1) is 8.90. The van der Waals surface area contributed by atoms with Crippen LogP contribution >= 0.6 is 0 Å². The zero-order chi connectivity index (χ0) is 12.6. The maximum atomic E-state index is 3.25. The van der Waals surface area contributed by atoms with Crippen molar-refractivity contribution < 1.29 is 0 Å². The van der Waals surface area contributed by atoms with E-state index in [0.29, 0.717) is 0 Å². The van der Waals surface area contributed by atoms with Gasteiger partial charge in [-0.3, -0.25) is 0 Å². The zero-order valence-electron chi connectivity index (χ0n) is 10.6. The third-order valence-electron chi connectivity index (χ3n) is 2.71. The summed E-state index contributed by atoms with van der Waals surface area (Å²) in [7, 11) is 0. The van der Waals surface area contributed by atoms with E-state index in [9.17, 15) is 0 Å². The molecule has 0 bridgehead atoms. The average Bonchev–Trinajstić information content (AvgIpc) is 2.45. The molecule has 88 valence electrons. The van der Waals surface area contributed by atoms with Crippen molar-refractivity contribution in [2.24, 2.45) is 0 Å². The summed E-state index contributed by atoms with van der Waals surface area (Å²) in [6, 6.07) is 18.4. The SMILES string of the molecule is C/C=C/Cc1ccccc1C#Cc1ccccc1. The van der Waals surface area contributed by atoms with Crippen molar-refractivity contribution in [1.82, 2.24) is 0 Å². The predicted molar refractivity (Wildman–Crippen MR) is 77.4 cm³/mol. The van der Waals surface area contributed by atoms with E-state index in [0.717, 1.165) is 17.5 Å². The summed E-state index contributed by atoms with van der Waals surface area (Å²) in [5.41, 5.74) is 3.44. The first kappa shape index (κ1) is 12.2. The zero-order valence-corrected chi connectivity index (χ0v) is 10.6. The second-order valence-corrected chi connectivity index (χ2v) is 4.05. The van der Waals surface area contributed by atoms with Gasteiger partial charge in [-0.25, -0.2) is 0 Å². The van der Waals surface area contributed by atoms with Gasteiger partial charge in [-0.15, -0.1) is 0 Å². The molecule has 0 fully saturated rings. The highest BCUT2D eigenvalue weighted by atomic mass is 14.0. The van der Waals surface area contributed by atoms with Crippen LogP contribution in [0.3, 0.4) is 0 Å². The van der Waals surface area contributed by atoms with E-state index in [-0.39, 0.29) is 0 Å². The quantitative estimate of drug-likeness (QED) is 0.537. The maximum Gasteiger partial charge on any atom is 0.0284 e. The summed E-state index contributed by atoms with van der Waals surface area (Å²) in [5, 5.41) is 0. The van der Waals surface area contributed by atoms with Crippen molar-refractivity contribution >= 4 is 0 Å². The Morgan fingerprint density at radius 1 is 0.889 bits per heavy atom. The van der Waals surface area contributed by atoms with E-state index in [1.165, 1.54) is 5.56 Å². The molecule has 0 saturated carbocycles. The molecule has 18 heavy (non-hydrogen) atoms. The normalized spacial score (nSPS) is 10.1. The Kier molecular flexibility index (Phi) is 4.39. The highest BCUT2D eigenvalue weighted by molar-refractivity contribution is 5.46. The lowest BCUT2D eigenvalue weighted by Gasteiger charge is -2.00. The lowest BCUT2D eigenvalue weighted by Crippen LogP contribution is -1.87. The van der Waals surface area contributed by atoms with Crippen LogP contribution in [0.2, 0.25) is 0 Å². The molecule has 0 nitrogen and oxygen atoms in total. The Morgan fingerprint density at radius 3 is 2.39 bits per heavy atom. The Balaban J connectivity index is 2.27. The molecule has 2 aromatic rings. The van der Waals surface area contributed by atoms with Crippen LogP contribution in [-0.4, -0.2) is 0 Å². The molecule has 0 unspecified atom stereocenters. The predicted octanol–water partition coefficient (Wildman–Crippen LogP) is 4.21. The molecule has 0 radical (unpaired) electrons. The number of hydrogen-bond donors (Lipinski definition) is 0. The smallest absolute Gasteiger partial charge is 0.0284 e. The molecule has 0 heteroatoms. The van der Waals surface area contributed by atoms with Crippen molar-refractivity contribution in [2.45, 2.75) is 13.3 Å². The van der Waals surface area contributed by atoms with E-state index in [4.69, 9.17) is 0 Å². The second kappa shape index (κ2) is 6.47. The average molecular weight is 232 g/mol. The molecule has 0 saturated heterocycles. The van der Waals surface area contributed by atoms with Crippen LogP contribution in [-0.2, 0) is 6.42 Å². The van der Waals surface area contributed by atoms with Crippen LogP contribution in [0.1, 0.15) is 23.6 Å². The number of hydrogen-bond acceptors (Lipinski definition) is 0. The Morgan fingerprint density at radius 2 is 1.61 bits per heavy atom. The minimum Gasteiger partial charge on any atom is -0.0913 e. The molecule has 0 aliphatic carbocycles. The molecule has 0 aliphatic heterocycles. The van der Waals surface area contributed by atoms with Gasteiger partial charge >= 0.3 is 0 Å². The molecule has 0 amide bonds. The lowest BCUT2D eigenvalue weighted by atomic mass is 10.0. The molecule has 0 heterocycles. The maximum absolute atomic E-state index is 3.25. The summed E-state index contributed by atoms with van der Waals surface area (Å²) in [6.45, 7) is 2.04. The molecule has 0 spiro atoms. The fourth-order valence-electron chi connectivity index (χ4n) is 1.73. The molecule has 2 rings (SSSR count). The van der Waals surface area contributed by atoms with Gasteiger partial charge < -0.3 is 0 Å². The van der Waals surface area contributed by atoms with E-state index in [1.807, 2.05) is 43.3 Å². The Labute approximate surface area is 109 Å². The fraction of sp³-hybridized carbons (Fsp3) is 0.111. The van der Waals surface area contributed by atoms with Crippen LogP contribution in [0.4, 0.5) is 0 Å². The highest BCUT2D eigenvalue weighted by Gasteiger charge is 1.95. The largest absolute Gasteiger partial charge is 0.0913 e. The van der Waals surface area contributed by atoms with Gasteiger partial charge in [-0.1, -0.05) is 60.4 Å². The number of benzene rings is 2. The number of allylic oxidation sites excluding steroid dienone is 2. The topological polar surface area (TPSA) is 0 Å². The Hall–Kier alpha value is -2.26. The molecular formula is C18H16. The standard InChI is InChI=1S/C18H16/c1-2-3-11-17-12-7-8-13-18(17)15-14-16-9-5-4-6-10-16/h2-10,12-13H,11H2,1H3/b3-2+. The minimum absolute atomic E-state index is 0.941. The first-order valence-corrected chi connectivity index (χ1v) is 6.16. The van der Waals surface area contributed by atoms with Crippen molar-refractivity contribution in [2.75, 3.05) is 0 Å². The van der Waals surface area contributed by atoms with Crippen molar-refractivity contribution in [3.63, 3.8) is 0 Å². The van der Waals surface area contributed by atoms with Gasteiger partial charge in [0.25, 0.3) is 0 Å². The molecule has 0 N–H and O–H groups in total. The van der Waals surface area contributed by atoms with Crippen molar-refractivity contribution in [3.05, 3.63) is 83.4 Å². The van der Waals surface area contributed by atoms with E-state index >= 15 is 0 Å².